The molecule has 0 saturated carbocycles. The van der Waals surface area contributed by atoms with Crippen LogP contribution in [0.25, 0.3) is 16.9 Å². The van der Waals surface area contributed by atoms with Crippen LogP contribution >= 0.6 is 23.2 Å². The molecule has 0 bridgehead atoms. The number of ether oxygens (including phenoxy) is 2. The summed E-state index contributed by atoms with van der Waals surface area (Å²) in [6.45, 7) is 0.628. The molecule has 0 radical (unpaired) electrons. The Balaban J connectivity index is 1.57. The van der Waals surface area contributed by atoms with E-state index < -0.39 is 5.79 Å². The van der Waals surface area contributed by atoms with Crippen molar-refractivity contribution >= 4 is 40.5 Å². The van der Waals surface area contributed by atoms with Gasteiger partial charge in [0.2, 0.25) is 0 Å². The summed E-state index contributed by atoms with van der Waals surface area (Å²) >= 11 is 12.7. The van der Waals surface area contributed by atoms with Crippen LogP contribution in [0.2, 0.25) is 10.0 Å². The zero-order valence-corrected chi connectivity index (χ0v) is 19.6. The molecule has 0 atom stereocenters. The minimum absolute atomic E-state index is 0.314. The molecule has 6 rings (SSSR count). The number of hydrogen-bond donors (Lipinski definition) is 0. The number of hydrogen-bond acceptors (Lipinski definition) is 5. The maximum atomic E-state index is 13.9. The summed E-state index contributed by atoms with van der Waals surface area (Å²) in [6, 6.07) is 21.6. The molecular formula is C26H16Cl2N4O3. The van der Waals surface area contributed by atoms with Crippen molar-refractivity contribution in [3.63, 3.8) is 0 Å². The highest BCUT2D eigenvalue weighted by Gasteiger charge is 2.57. The SMILES string of the molecule is N#Cc1ccc(-n2cc(N3C(=O)C4(OCCO4)c4ccccc43)c(-c3ccc(Cl)cc3Cl)n2)cc1. The maximum Gasteiger partial charge on any atom is 0.297 e. The molecule has 0 aliphatic carbocycles. The Hall–Kier alpha value is -3.67. The number of rotatable bonds is 3. The van der Waals surface area contributed by atoms with E-state index in [0.717, 1.165) is 0 Å². The molecule has 9 heteroatoms. The Kier molecular flexibility index (Phi) is 5.13. The molecule has 2 aliphatic rings. The number of aromatic nitrogens is 2. The number of carbonyl (C=O) groups is 1. The highest BCUT2D eigenvalue weighted by molar-refractivity contribution is 6.36. The van der Waals surface area contributed by atoms with Crippen LogP contribution in [-0.2, 0) is 20.1 Å². The largest absolute Gasteiger partial charge is 0.336 e. The first-order valence-corrected chi connectivity index (χ1v) is 11.5. The fraction of sp³-hybridized carbons (Fsp3) is 0.115. The molecule has 2 aliphatic heterocycles. The second kappa shape index (κ2) is 8.22. The summed E-state index contributed by atoms with van der Waals surface area (Å²) in [5.74, 6) is -1.85. The first-order chi connectivity index (χ1) is 17.0. The van der Waals surface area contributed by atoms with Gasteiger partial charge >= 0.3 is 0 Å². The minimum Gasteiger partial charge on any atom is -0.336 e. The fourth-order valence-corrected chi connectivity index (χ4v) is 4.97. The van der Waals surface area contributed by atoms with Gasteiger partial charge < -0.3 is 9.47 Å². The van der Waals surface area contributed by atoms with Crippen molar-refractivity contribution in [3.05, 3.63) is 94.1 Å². The van der Waals surface area contributed by atoms with Gasteiger partial charge in [-0.3, -0.25) is 9.69 Å². The number of carbonyl (C=O) groups excluding carboxylic acids is 1. The van der Waals surface area contributed by atoms with Gasteiger partial charge in [0.1, 0.15) is 5.69 Å². The second-order valence-electron chi connectivity index (χ2n) is 8.06. The Bertz CT molecular complexity index is 1520. The standard InChI is InChI=1S/C26H16Cl2N4O3/c27-17-7-10-19(21(28)13-17)24-23(15-31(30-24)18-8-5-16(14-29)6-9-18)32-22-4-2-1-3-20(22)26(25(32)33)34-11-12-35-26/h1-10,13,15H,11-12H2. The Morgan fingerprint density at radius 3 is 2.43 bits per heavy atom. The van der Waals surface area contributed by atoms with Gasteiger partial charge in [-0.05, 0) is 48.5 Å². The van der Waals surface area contributed by atoms with Crippen LogP contribution in [0.4, 0.5) is 11.4 Å². The predicted molar refractivity (Wildman–Crippen MR) is 131 cm³/mol. The number of fused-ring (bicyclic) bond motifs is 2. The topological polar surface area (TPSA) is 80.4 Å². The lowest BCUT2D eigenvalue weighted by Gasteiger charge is -2.22. The molecule has 4 aromatic rings. The quantitative estimate of drug-likeness (QED) is 0.364. The molecule has 1 fully saturated rings. The molecular weight excluding hydrogens is 487 g/mol. The highest BCUT2D eigenvalue weighted by atomic mass is 35.5. The summed E-state index contributed by atoms with van der Waals surface area (Å²) in [5.41, 5.74) is 4.12. The third-order valence-electron chi connectivity index (χ3n) is 6.06. The van der Waals surface area contributed by atoms with Crippen molar-refractivity contribution < 1.29 is 14.3 Å². The molecule has 7 nitrogen and oxygen atoms in total. The molecule has 3 aromatic carbocycles. The molecule has 0 unspecified atom stereocenters. The molecule has 172 valence electrons. The molecule has 3 heterocycles. The summed E-state index contributed by atoms with van der Waals surface area (Å²) in [4.78, 5) is 15.5. The van der Waals surface area contributed by atoms with E-state index in [4.69, 9.17) is 43.0 Å². The number of nitrogens with zero attached hydrogens (tertiary/aromatic N) is 4. The number of halogens is 2. The van der Waals surface area contributed by atoms with Gasteiger partial charge in [-0.15, -0.1) is 0 Å². The van der Waals surface area contributed by atoms with Gasteiger partial charge in [-0.1, -0.05) is 41.4 Å². The van der Waals surface area contributed by atoms with E-state index in [0.29, 0.717) is 62.7 Å². The number of nitriles is 1. The summed E-state index contributed by atoms with van der Waals surface area (Å²) < 4.78 is 13.4. The average molecular weight is 503 g/mol. The zero-order valence-electron chi connectivity index (χ0n) is 18.1. The fourth-order valence-electron chi connectivity index (χ4n) is 4.47. The first-order valence-electron chi connectivity index (χ1n) is 10.8. The summed E-state index contributed by atoms with van der Waals surface area (Å²) in [7, 11) is 0. The predicted octanol–water partition coefficient (Wildman–Crippen LogP) is 5.60. The van der Waals surface area contributed by atoms with Gasteiger partial charge in [-0.2, -0.15) is 10.4 Å². The lowest BCUT2D eigenvalue weighted by Crippen LogP contribution is -2.39. The smallest absolute Gasteiger partial charge is 0.297 e. The van der Waals surface area contributed by atoms with Crippen molar-refractivity contribution in [1.82, 2.24) is 9.78 Å². The third-order valence-corrected chi connectivity index (χ3v) is 6.61. The molecule has 35 heavy (non-hydrogen) atoms. The Labute approximate surface area is 210 Å². The van der Waals surface area contributed by atoms with Crippen molar-refractivity contribution in [2.24, 2.45) is 0 Å². The number of anilines is 2. The van der Waals surface area contributed by atoms with Crippen LogP contribution in [0.3, 0.4) is 0 Å². The van der Waals surface area contributed by atoms with Gasteiger partial charge in [0.25, 0.3) is 11.7 Å². The van der Waals surface area contributed by atoms with E-state index in [9.17, 15) is 4.79 Å². The lowest BCUT2D eigenvalue weighted by atomic mass is 10.1. The van der Waals surface area contributed by atoms with Gasteiger partial charge in [0.15, 0.2) is 0 Å². The molecule has 1 amide bonds. The van der Waals surface area contributed by atoms with Gasteiger partial charge in [-0.25, -0.2) is 4.68 Å². The van der Waals surface area contributed by atoms with Crippen LogP contribution in [0.15, 0.2) is 72.9 Å². The van der Waals surface area contributed by atoms with Crippen LogP contribution < -0.4 is 4.90 Å². The number of amides is 1. The molecule has 1 spiro atoms. The molecule has 0 N–H and O–H groups in total. The summed E-state index contributed by atoms with van der Waals surface area (Å²) in [6.07, 6.45) is 1.75. The average Bonchev–Trinajstić information content (AvgIpc) is 3.58. The Morgan fingerprint density at radius 1 is 0.971 bits per heavy atom. The lowest BCUT2D eigenvalue weighted by molar-refractivity contribution is -0.180. The van der Waals surface area contributed by atoms with E-state index in [2.05, 4.69) is 6.07 Å². The first kappa shape index (κ1) is 21.8. The second-order valence-corrected chi connectivity index (χ2v) is 8.91. The summed E-state index contributed by atoms with van der Waals surface area (Å²) in [5, 5.41) is 14.8. The van der Waals surface area contributed by atoms with E-state index in [-0.39, 0.29) is 5.91 Å². The Morgan fingerprint density at radius 2 is 1.71 bits per heavy atom. The highest BCUT2D eigenvalue weighted by Crippen LogP contribution is 2.50. The monoisotopic (exact) mass is 502 g/mol. The van der Waals surface area contributed by atoms with Crippen molar-refractivity contribution in [3.8, 4) is 23.0 Å². The molecule has 1 saturated heterocycles. The third kappa shape index (κ3) is 3.34. The molecule has 1 aromatic heterocycles. The number of para-hydroxylation sites is 1. The maximum absolute atomic E-state index is 13.9. The van der Waals surface area contributed by atoms with Gasteiger partial charge in [0.05, 0.1) is 53.1 Å². The van der Waals surface area contributed by atoms with E-state index in [1.807, 2.05) is 24.3 Å². The van der Waals surface area contributed by atoms with Gasteiger partial charge in [0, 0.05) is 16.1 Å². The van der Waals surface area contributed by atoms with Crippen LogP contribution in [-0.4, -0.2) is 28.9 Å². The van der Waals surface area contributed by atoms with E-state index >= 15 is 0 Å². The van der Waals surface area contributed by atoms with Crippen molar-refractivity contribution in [2.75, 3.05) is 18.1 Å². The van der Waals surface area contributed by atoms with Crippen molar-refractivity contribution in [1.29, 1.82) is 5.26 Å². The number of benzene rings is 3. The van der Waals surface area contributed by atoms with Crippen LogP contribution in [0.5, 0.6) is 0 Å². The van der Waals surface area contributed by atoms with Crippen LogP contribution in [0.1, 0.15) is 11.1 Å². The zero-order chi connectivity index (χ0) is 24.2. The van der Waals surface area contributed by atoms with E-state index in [1.165, 1.54) is 0 Å². The van der Waals surface area contributed by atoms with Crippen molar-refractivity contribution in [2.45, 2.75) is 5.79 Å². The minimum atomic E-state index is -1.49. The van der Waals surface area contributed by atoms with E-state index in [1.54, 1.807) is 58.2 Å². The normalized spacial score (nSPS) is 16.0. The van der Waals surface area contributed by atoms with Crippen LogP contribution in [0, 0.1) is 11.3 Å².